The van der Waals surface area contributed by atoms with Crippen LogP contribution >= 0.6 is 0 Å². The predicted octanol–water partition coefficient (Wildman–Crippen LogP) is 3.83. The van der Waals surface area contributed by atoms with E-state index in [2.05, 4.69) is 10.3 Å². The van der Waals surface area contributed by atoms with Crippen molar-refractivity contribution < 1.29 is 33.3 Å². The number of pyridine rings is 1. The summed E-state index contributed by atoms with van der Waals surface area (Å²) in [6, 6.07) is 0.633. The summed E-state index contributed by atoms with van der Waals surface area (Å²) < 4.78 is 22.0. The van der Waals surface area contributed by atoms with E-state index in [1.54, 1.807) is 7.11 Å². The number of rotatable bonds is 7. The van der Waals surface area contributed by atoms with Gasteiger partial charge in [-0.25, -0.2) is 9.78 Å². The molecule has 2 heterocycles. The van der Waals surface area contributed by atoms with Gasteiger partial charge in [-0.1, -0.05) is 38.5 Å². The van der Waals surface area contributed by atoms with Gasteiger partial charge in [0, 0.05) is 26.3 Å². The Kier molecular flexibility index (Phi) is 9.89. The van der Waals surface area contributed by atoms with E-state index in [0.29, 0.717) is 12.3 Å². The van der Waals surface area contributed by atoms with Gasteiger partial charge in [-0.15, -0.1) is 0 Å². The Morgan fingerprint density at radius 1 is 1.11 bits per heavy atom. The van der Waals surface area contributed by atoms with Crippen molar-refractivity contribution in [1.82, 2.24) is 10.3 Å². The van der Waals surface area contributed by atoms with Gasteiger partial charge in [0.25, 0.3) is 5.91 Å². The first-order valence-corrected chi connectivity index (χ1v) is 12.6. The minimum absolute atomic E-state index is 0.0872. The Morgan fingerprint density at radius 2 is 1.80 bits per heavy atom. The molecule has 1 saturated carbocycles. The number of aromatic nitrogens is 1. The maximum absolute atomic E-state index is 13.1. The van der Waals surface area contributed by atoms with E-state index in [1.807, 2.05) is 6.92 Å². The molecule has 3 rings (SSSR count). The summed E-state index contributed by atoms with van der Waals surface area (Å²) >= 11 is 0. The van der Waals surface area contributed by atoms with E-state index in [0.717, 1.165) is 31.6 Å². The summed E-state index contributed by atoms with van der Waals surface area (Å²) in [4.78, 5) is 41.8. The lowest BCUT2D eigenvalue weighted by molar-refractivity contribution is -0.161. The van der Waals surface area contributed by atoms with Crippen molar-refractivity contribution >= 4 is 17.8 Å². The molecule has 2 fully saturated rings. The number of hydrogen-bond donors (Lipinski definition) is 1. The van der Waals surface area contributed by atoms with Gasteiger partial charge in [0.05, 0.1) is 13.2 Å². The fraction of sp³-hybridized carbons (Fsp3) is 0.692. The number of cyclic esters (lactones) is 1. The highest BCUT2D eigenvalue weighted by Crippen LogP contribution is 2.36. The Labute approximate surface area is 207 Å². The summed E-state index contributed by atoms with van der Waals surface area (Å²) in [5.74, 6) is -0.605. The lowest BCUT2D eigenvalue weighted by Crippen LogP contribution is -2.46. The highest BCUT2D eigenvalue weighted by Gasteiger charge is 2.35. The van der Waals surface area contributed by atoms with Crippen LogP contribution in [-0.4, -0.2) is 55.3 Å². The van der Waals surface area contributed by atoms with Gasteiger partial charge in [0.1, 0.15) is 12.1 Å². The molecule has 0 aromatic carbocycles. The third-order valence-corrected chi connectivity index (χ3v) is 7.07. The second-order valence-electron chi connectivity index (χ2n) is 9.58. The number of methoxy groups -OCH3 is 2. The molecule has 194 valence electrons. The minimum atomic E-state index is -0.855. The average Bonchev–Trinajstić information content (AvgIpc) is 3.33. The van der Waals surface area contributed by atoms with Gasteiger partial charge in [0.2, 0.25) is 5.75 Å². The van der Waals surface area contributed by atoms with Crippen molar-refractivity contribution in [2.75, 3.05) is 14.2 Å². The number of amides is 1. The summed E-state index contributed by atoms with van der Waals surface area (Å²) in [5.41, 5.74) is -0.135. The SMILES string of the molecule is COc1ccnc(C(=O)N[C@H]2CCCC[C@H](CC3CCCC3)[C@@H](OC)[C@H](C)OC2=O)c1OC(C)=O. The van der Waals surface area contributed by atoms with E-state index in [-0.39, 0.29) is 23.3 Å². The zero-order valence-corrected chi connectivity index (χ0v) is 21.2. The molecule has 0 unspecified atom stereocenters. The highest BCUT2D eigenvalue weighted by molar-refractivity contribution is 5.98. The molecular weight excluding hydrogens is 452 g/mol. The van der Waals surface area contributed by atoms with Crippen LogP contribution in [0.4, 0.5) is 0 Å². The number of carbonyl (C=O) groups excluding carboxylic acids is 3. The summed E-state index contributed by atoms with van der Waals surface area (Å²) in [6.45, 7) is 3.08. The zero-order valence-electron chi connectivity index (χ0n) is 21.2. The number of hydrogen-bond acceptors (Lipinski definition) is 8. The fourth-order valence-corrected chi connectivity index (χ4v) is 5.42. The Hall–Kier alpha value is -2.68. The molecule has 1 saturated heterocycles. The molecule has 9 nitrogen and oxygen atoms in total. The fourth-order valence-electron chi connectivity index (χ4n) is 5.42. The maximum Gasteiger partial charge on any atom is 0.329 e. The molecule has 1 aliphatic heterocycles. The number of carbonyl (C=O) groups is 3. The Bertz CT molecular complexity index is 884. The Balaban J connectivity index is 1.73. The van der Waals surface area contributed by atoms with Crippen molar-refractivity contribution in [3.63, 3.8) is 0 Å². The lowest BCUT2D eigenvalue weighted by Gasteiger charge is -2.34. The van der Waals surface area contributed by atoms with E-state index >= 15 is 0 Å². The van der Waals surface area contributed by atoms with Gasteiger partial charge in [-0.05, 0) is 38.0 Å². The topological polar surface area (TPSA) is 113 Å². The van der Waals surface area contributed by atoms with Crippen LogP contribution in [0.15, 0.2) is 12.3 Å². The molecule has 1 aromatic rings. The van der Waals surface area contributed by atoms with Gasteiger partial charge in [-0.3, -0.25) is 9.59 Å². The molecule has 9 heteroatoms. The second-order valence-corrected chi connectivity index (χ2v) is 9.58. The molecule has 1 aromatic heterocycles. The van der Waals surface area contributed by atoms with Crippen molar-refractivity contribution in [3.05, 3.63) is 18.0 Å². The number of nitrogens with one attached hydrogen (secondary N) is 1. The van der Waals surface area contributed by atoms with Gasteiger partial charge >= 0.3 is 11.9 Å². The van der Waals surface area contributed by atoms with Gasteiger partial charge < -0.3 is 24.3 Å². The monoisotopic (exact) mass is 490 g/mol. The van der Waals surface area contributed by atoms with E-state index in [9.17, 15) is 14.4 Å². The van der Waals surface area contributed by atoms with E-state index in [1.165, 1.54) is 52.0 Å². The lowest BCUT2D eigenvalue weighted by atomic mass is 9.83. The first-order chi connectivity index (χ1) is 16.8. The zero-order chi connectivity index (χ0) is 25.4. The largest absolute Gasteiger partial charge is 0.493 e. The van der Waals surface area contributed by atoms with Crippen LogP contribution in [0.2, 0.25) is 0 Å². The van der Waals surface area contributed by atoms with Crippen molar-refractivity contribution in [2.24, 2.45) is 11.8 Å². The number of ether oxygens (including phenoxy) is 4. The van der Waals surface area contributed by atoms with Crippen LogP contribution in [-0.2, 0) is 19.1 Å². The van der Waals surface area contributed by atoms with Crippen molar-refractivity contribution in [1.29, 1.82) is 0 Å². The maximum atomic E-state index is 13.1. The number of nitrogens with zero attached hydrogens (tertiary/aromatic N) is 1. The quantitative estimate of drug-likeness (QED) is 0.574. The highest BCUT2D eigenvalue weighted by atomic mass is 16.6. The summed E-state index contributed by atoms with van der Waals surface area (Å²) in [6.07, 6.45) is 10.1. The van der Waals surface area contributed by atoms with Gasteiger partial charge in [-0.2, -0.15) is 0 Å². The number of esters is 2. The summed E-state index contributed by atoms with van der Waals surface area (Å²) in [5, 5.41) is 2.73. The smallest absolute Gasteiger partial charge is 0.329 e. The van der Waals surface area contributed by atoms with Crippen molar-refractivity contribution in [2.45, 2.75) is 89.9 Å². The van der Waals surface area contributed by atoms with Gasteiger partial charge in [0.15, 0.2) is 11.4 Å². The van der Waals surface area contributed by atoms with Crippen LogP contribution in [0.3, 0.4) is 0 Å². The molecule has 1 N–H and O–H groups in total. The molecule has 4 atom stereocenters. The normalized spacial score (nSPS) is 26.0. The van der Waals surface area contributed by atoms with Crippen LogP contribution < -0.4 is 14.8 Å². The van der Waals surface area contributed by atoms with Crippen molar-refractivity contribution in [3.8, 4) is 11.5 Å². The Morgan fingerprint density at radius 3 is 2.46 bits per heavy atom. The van der Waals surface area contributed by atoms with E-state index < -0.39 is 30.0 Å². The molecule has 35 heavy (non-hydrogen) atoms. The molecule has 0 spiro atoms. The molecule has 1 aliphatic carbocycles. The first-order valence-electron chi connectivity index (χ1n) is 12.6. The third kappa shape index (κ3) is 7.16. The summed E-state index contributed by atoms with van der Waals surface area (Å²) in [7, 11) is 3.07. The molecule has 1 amide bonds. The second kappa shape index (κ2) is 12.9. The molecule has 0 bridgehead atoms. The molecule has 2 aliphatic rings. The minimum Gasteiger partial charge on any atom is -0.493 e. The average molecular weight is 491 g/mol. The third-order valence-electron chi connectivity index (χ3n) is 7.07. The standard InChI is InChI=1S/C26H38N2O7/c1-16-23(33-4)19(15-18-9-5-6-10-18)11-7-8-12-20(26(31)34-16)28-25(30)22-24(35-17(2)29)21(32-3)13-14-27-22/h13-14,16,18-20,23H,5-12,15H2,1-4H3,(H,28,30)/t16-,19+,20-,23-/m0/s1. The van der Waals surface area contributed by atoms with Crippen LogP contribution in [0.1, 0.15) is 82.1 Å². The van der Waals surface area contributed by atoms with Crippen LogP contribution in [0.25, 0.3) is 0 Å². The van der Waals surface area contributed by atoms with E-state index in [4.69, 9.17) is 18.9 Å². The van der Waals surface area contributed by atoms with Crippen LogP contribution in [0.5, 0.6) is 11.5 Å². The predicted molar refractivity (Wildman–Crippen MR) is 128 cm³/mol. The first kappa shape index (κ1) is 26.9. The van der Waals surface area contributed by atoms with Crippen LogP contribution in [0, 0.1) is 11.8 Å². The molecule has 0 radical (unpaired) electrons. The molecular formula is C26H38N2O7.